The summed E-state index contributed by atoms with van der Waals surface area (Å²) < 4.78 is 0. The van der Waals surface area contributed by atoms with Gasteiger partial charge in [0, 0.05) is 70.8 Å². The molecule has 1 unspecified atom stereocenters. The van der Waals surface area contributed by atoms with Gasteiger partial charge in [0.15, 0.2) is 0 Å². The van der Waals surface area contributed by atoms with E-state index < -0.39 is 11.4 Å². The van der Waals surface area contributed by atoms with Crippen molar-refractivity contribution in [1.82, 2.24) is 15.2 Å². The predicted octanol–water partition coefficient (Wildman–Crippen LogP) is 6.44. The Kier molecular flexibility index (Phi) is 8.75. The van der Waals surface area contributed by atoms with Gasteiger partial charge in [0.25, 0.3) is 0 Å². The smallest absolute Gasteiger partial charge is 0.324 e. The van der Waals surface area contributed by atoms with Crippen LogP contribution in [0.5, 0.6) is 0 Å². The number of anilines is 1. The van der Waals surface area contributed by atoms with Crippen LogP contribution in [-0.4, -0.2) is 52.5 Å². The highest BCUT2D eigenvalue weighted by Crippen LogP contribution is 2.37. The molecule has 0 saturated carbocycles. The number of amides is 3. The molecule has 8 nitrogen and oxygen atoms in total. The van der Waals surface area contributed by atoms with Crippen LogP contribution in [0.4, 0.5) is 10.5 Å². The van der Waals surface area contributed by atoms with Gasteiger partial charge < -0.3 is 20.3 Å². The zero-order chi connectivity index (χ0) is 29.9. The number of H-pyrrole nitrogens is 1. The molecule has 42 heavy (non-hydrogen) atoms. The number of carbonyl (C=O) groups is 3. The number of halogens is 2. The lowest BCUT2D eigenvalue weighted by atomic mass is 9.78. The summed E-state index contributed by atoms with van der Waals surface area (Å²) in [6.45, 7) is 2.65. The van der Waals surface area contributed by atoms with Gasteiger partial charge in [-0.1, -0.05) is 65.2 Å². The first-order valence-electron chi connectivity index (χ1n) is 13.7. The van der Waals surface area contributed by atoms with Gasteiger partial charge in [0.2, 0.25) is 5.91 Å². The molecular formula is C32H32Cl2N4O4. The number of urea groups is 1. The Balaban J connectivity index is 1.39. The number of aliphatic carboxylic acids is 1. The van der Waals surface area contributed by atoms with Crippen molar-refractivity contribution in [3.05, 3.63) is 99.7 Å². The Morgan fingerprint density at radius 2 is 1.76 bits per heavy atom. The van der Waals surface area contributed by atoms with E-state index in [1.807, 2.05) is 61.7 Å². The second-order valence-electron chi connectivity index (χ2n) is 11.0. The molecule has 2 heterocycles. The summed E-state index contributed by atoms with van der Waals surface area (Å²) in [6, 6.07) is 20.2. The minimum atomic E-state index is -1.05. The minimum absolute atomic E-state index is 0.0618. The molecule has 4 aromatic rings. The number of aryl methyl sites for hydroxylation is 1. The van der Waals surface area contributed by atoms with Gasteiger partial charge in [-0.3, -0.25) is 14.5 Å². The van der Waals surface area contributed by atoms with E-state index in [-0.39, 0.29) is 44.4 Å². The lowest BCUT2D eigenvalue weighted by molar-refractivity contribution is -0.140. The fourth-order valence-electron chi connectivity index (χ4n) is 5.69. The highest BCUT2D eigenvalue weighted by molar-refractivity contribution is 6.35. The van der Waals surface area contributed by atoms with E-state index in [2.05, 4.69) is 10.3 Å². The highest BCUT2D eigenvalue weighted by atomic mass is 35.5. The summed E-state index contributed by atoms with van der Waals surface area (Å²) in [7, 11) is 0. The van der Waals surface area contributed by atoms with Gasteiger partial charge in [-0.25, -0.2) is 4.79 Å². The summed E-state index contributed by atoms with van der Waals surface area (Å²) in [4.78, 5) is 45.7. The van der Waals surface area contributed by atoms with E-state index in [0.717, 1.165) is 22.0 Å². The van der Waals surface area contributed by atoms with E-state index in [0.29, 0.717) is 34.3 Å². The fourth-order valence-corrected chi connectivity index (χ4v) is 6.16. The third-order valence-electron chi connectivity index (χ3n) is 7.70. The number of para-hydroxylation sites is 1. The molecule has 1 atom stereocenters. The maximum atomic E-state index is 13.8. The van der Waals surface area contributed by atoms with Gasteiger partial charge in [-0.2, -0.15) is 0 Å². The number of carboxylic acids is 1. The summed E-state index contributed by atoms with van der Waals surface area (Å²) in [5.74, 6) is -1.30. The molecule has 3 aromatic carbocycles. The van der Waals surface area contributed by atoms with Gasteiger partial charge in [-0.15, -0.1) is 0 Å². The van der Waals surface area contributed by atoms with Crippen molar-refractivity contribution in [2.45, 2.75) is 32.7 Å². The number of carboxylic acid groups (broad SMARTS) is 1. The first-order chi connectivity index (χ1) is 20.1. The number of rotatable bonds is 10. The average Bonchev–Trinajstić information content (AvgIpc) is 3.35. The van der Waals surface area contributed by atoms with E-state index in [1.165, 1.54) is 0 Å². The Morgan fingerprint density at radius 1 is 1.00 bits per heavy atom. The number of aromatic nitrogens is 1. The number of hydrogen-bond acceptors (Lipinski definition) is 3. The Hall–Kier alpha value is -4.01. The van der Waals surface area contributed by atoms with Crippen LogP contribution in [-0.2, 0) is 22.6 Å². The molecular weight excluding hydrogens is 575 g/mol. The highest BCUT2D eigenvalue weighted by Gasteiger charge is 2.46. The lowest BCUT2D eigenvalue weighted by Crippen LogP contribution is -2.60. The Labute approximate surface area is 254 Å². The van der Waals surface area contributed by atoms with Crippen LogP contribution in [0.3, 0.4) is 0 Å². The number of carbonyl (C=O) groups excluding carboxylic acids is 2. The van der Waals surface area contributed by atoms with Gasteiger partial charge in [-0.05, 0) is 54.8 Å². The summed E-state index contributed by atoms with van der Waals surface area (Å²) in [5.41, 5.74) is 3.40. The second kappa shape index (κ2) is 12.5. The molecule has 218 valence electrons. The molecule has 3 N–H and O–H groups in total. The molecule has 0 radical (unpaired) electrons. The van der Waals surface area contributed by atoms with Crippen molar-refractivity contribution in [2.75, 3.05) is 24.5 Å². The zero-order valence-electron chi connectivity index (χ0n) is 23.2. The molecule has 0 spiro atoms. The van der Waals surface area contributed by atoms with Crippen molar-refractivity contribution in [2.24, 2.45) is 5.41 Å². The summed E-state index contributed by atoms with van der Waals surface area (Å²) >= 11 is 12.5. The van der Waals surface area contributed by atoms with E-state index in [4.69, 9.17) is 23.2 Å². The van der Waals surface area contributed by atoms with Crippen LogP contribution >= 0.6 is 23.2 Å². The number of nitrogens with zero attached hydrogens (tertiary/aromatic N) is 2. The first kappa shape index (κ1) is 29.5. The Morgan fingerprint density at radius 3 is 2.50 bits per heavy atom. The van der Waals surface area contributed by atoms with E-state index >= 15 is 0 Å². The standard InChI is InChI=1S/C32H32Cl2N4O4/c1-21-6-10-25(11-7-21)38-20-32(16-30(40)41,19-37(31(38)42)18-23-8-9-24(33)14-27(23)34)15-29(39)35-13-12-22-17-36-28-5-3-2-4-26(22)28/h2-11,14,17,36H,12-13,15-16,18-20H2,1H3,(H,35,39)(H,40,41). The molecule has 1 fully saturated rings. The SMILES string of the molecule is Cc1ccc(N2CC(CC(=O)O)(CC(=O)NCCc3c[nH]c4ccccc34)CN(Cc3ccc(Cl)cc3Cl)C2=O)cc1. The maximum Gasteiger partial charge on any atom is 0.324 e. The largest absolute Gasteiger partial charge is 0.481 e. The topological polar surface area (TPSA) is 106 Å². The van der Waals surface area contributed by atoms with Crippen LogP contribution < -0.4 is 10.2 Å². The van der Waals surface area contributed by atoms with E-state index in [1.54, 1.807) is 28.0 Å². The molecule has 3 amide bonds. The monoisotopic (exact) mass is 606 g/mol. The third kappa shape index (κ3) is 6.72. The minimum Gasteiger partial charge on any atom is -0.481 e. The number of benzene rings is 3. The number of nitrogens with one attached hydrogen (secondary N) is 2. The van der Waals surface area contributed by atoms with Crippen LogP contribution in [0.15, 0.2) is 72.9 Å². The second-order valence-corrected chi connectivity index (χ2v) is 11.8. The Bertz CT molecular complexity index is 1620. The maximum absolute atomic E-state index is 13.8. The normalized spacial score (nSPS) is 17.1. The van der Waals surface area contributed by atoms with Crippen LogP contribution in [0.2, 0.25) is 10.0 Å². The molecule has 1 saturated heterocycles. The quantitative estimate of drug-likeness (QED) is 0.193. The molecule has 1 aliphatic rings. The van der Waals surface area contributed by atoms with Crippen LogP contribution in [0.25, 0.3) is 10.9 Å². The molecule has 0 aliphatic carbocycles. The molecule has 1 aliphatic heterocycles. The van der Waals surface area contributed by atoms with Crippen LogP contribution in [0.1, 0.15) is 29.5 Å². The van der Waals surface area contributed by atoms with Crippen molar-refractivity contribution >= 4 is 57.7 Å². The lowest BCUT2D eigenvalue weighted by Gasteiger charge is -2.47. The average molecular weight is 608 g/mol. The van der Waals surface area contributed by atoms with Gasteiger partial charge in [0.05, 0.1) is 6.42 Å². The fraction of sp³-hybridized carbons (Fsp3) is 0.281. The van der Waals surface area contributed by atoms with Crippen molar-refractivity contribution in [3.63, 3.8) is 0 Å². The van der Waals surface area contributed by atoms with Gasteiger partial charge >= 0.3 is 12.0 Å². The first-order valence-corrected chi connectivity index (χ1v) is 14.5. The predicted molar refractivity (Wildman–Crippen MR) is 165 cm³/mol. The zero-order valence-corrected chi connectivity index (χ0v) is 24.7. The molecule has 1 aromatic heterocycles. The molecule has 10 heteroatoms. The molecule has 5 rings (SSSR count). The van der Waals surface area contributed by atoms with Gasteiger partial charge in [0.1, 0.15) is 0 Å². The number of aromatic amines is 1. The third-order valence-corrected chi connectivity index (χ3v) is 8.28. The summed E-state index contributed by atoms with van der Waals surface area (Å²) in [5, 5.41) is 14.9. The number of hydrogen-bond donors (Lipinski definition) is 3. The van der Waals surface area contributed by atoms with Crippen molar-refractivity contribution < 1.29 is 19.5 Å². The van der Waals surface area contributed by atoms with Crippen molar-refractivity contribution in [3.8, 4) is 0 Å². The number of fused-ring (bicyclic) bond motifs is 1. The van der Waals surface area contributed by atoms with Crippen molar-refractivity contribution in [1.29, 1.82) is 0 Å². The summed E-state index contributed by atoms with van der Waals surface area (Å²) in [6.07, 6.45) is 2.21. The van der Waals surface area contributed by atoms with Crippen LogP contribution in [0, 0.1) is 12.3 Å². The van der Waals surface area contributed by atoms with E-state index in [9.17, 15) is 19.5 Å². The molecule has 0 bridgehead atoms.